The van der Waals surface area contributed by atoms with Crippen molar-refractivity contribution >= 4 is 11.6 Å². The van der Waals surface area contributed by atoms with Crippen molar-refractivity contribution in [2.75, 3.05) is 6.61 Å². The number of rotatable bonds is 2. The molecule has 2 heterocycles. The third kappa shape index (κ3) is 1.61. The number of hydrogen-bond donors (Lipinski definition) is 0. The maximum absolute atomic E-state index is 11.8. The van der Waals surface area contributed by atoms with Gasteiger partial charge in [-0.05, 0) is 26.0 Å². The number of Topliss-reactive ketones (excluding diaryl/α,β-unsaturated/α-hetero) is 2. The topological polar surface area (TPSA) is 56.5 Å². The maximum atomic E-state index is 11.8. The van der Waals surface area contributed by atoms with Crippen molar-refractivity contribution in [3.05, 3.63) is 24.2 Å². The molecule has 4 heteroatoms. The molecule has 0 saturated carbocycles. The Kier molecular flexibility index (Phi) is 2.23. The lowest BCUT2D eigenvalue weighted by molar-refractivity contribution is -0.129. The van der Waals surface area contributed by atoms with Crippen LogP contribution in [0.1, 0.15) is 24.4 Å². The Hall–Kier alpha value is -1.42. The van der Waals surface area contributed by atoms with E-state index in [1.165, 1.54) is 6.26 Å². The highest BCUT2D eigenvalue weighted by molar-refractivity contribution is 6.12. The summed E-state index contributed by atoms with van der Waals surface area (Å²) in [6.07, 6.45) is 1.42. The van der Waals surface area contributed by atoms with Crippen molar-refractivity contribution in [3.8, 4) is 0 Å². The van der Waals surface area contributed by atoms with Gasteiger partial charge in [-0.1, -0.05) is 0 Å². The largest absolute Gasteiger partial charge is 0.461 e. The number of furan rings is 1. The summed E-state index contributed by atoms with van der Waals surface area (Å²) >= 11 is 0. The molecule has 1 aromatic heterocycles. The normalized spacial score (nSPS) is 24.4. The van der Waals surface area contributed by atoms with Crippen LogP contribution in [-0.2, 0) is 9.53 Å². The van der Waals surface area contributed by atoms with Crippen molar-refractivity contribution in [2.24, 2.45) is 5.92 Å². The molecule has 1 fully saturated rings. The van der Waals surface area contributed by atoms with Gasteiger partial charge in [0, 0.05) is 0 Å². The average Bonchev–Trinajstić information content (AvgIpc) is 2.76. The van der Waals surface area contributed by atoms with E-state index in [0.717, 1.165) is 0 Å². The van der Waals surface area contributed by atoms with Gasteiger partial charge in [0.15, 0.2) is 11.5 Å². The fraction of sp³-hybridized carbons (Fsp3) is 0.455. The van der Waals surface area contributed by atoms with Crippen LogP contribution < -0.4 is 0 Å². The third-order valence-electron chi connectivity index (χ3n) is 2.60. The summed E-state index contributed by atoms with van der Waals surface area (Å²) in [6, 6.07) is 3.18. The van der Waals surface area contributed by atoms with Crippen LogP contribution in [0.5, 0.6) is 0 Å². The molecular weight excluding hydrogens is 196 g/mol. The zero-order valence-corrected chi connectivity index (χ0v) is 8.65. The van der Waals surface area contributed by atoms with Gasteiger partial charge < -0.3 is 9.15 Å². The molecule has 0 amide bonds. The van der Waals surface area contributed by atoms with Crippen LogP contribution >= 0.6 is 0 Å². The fourth-order valence-corrected chi connectivity index (χ4v) is 1.64. The van der Waals surface area contributed by atoms with Gasteiger partial charge in [0.1, 0.15) is 11.5 Å². The molecule has 2 rings (SSSR count). The van der Waals surface area contributed by atoms with Crippen molar-refractivity contribution in [1.82, 2.24) is 0 Å². The molecule has 1 saturated heterocycles. The van der Waals surface area contributed by atoms with Gasteiger partial charge in [-0.2, -0.15) is 0 Å². The molecule has 0 aromatic carbocycles. The molecule has 0 spiro atoms. The van der Waals surface area contributed by atoms with Crippen LogP contribution in [0, 0.1) is 5.92 Å². The first-order valence-corrected chi connectivity index (χ1v) is 4.78. The molecule has 1 atom stereocenters. The quantitative estimate of drug-likeness (QED) is 0.545. The van der Waals surface area contributed by atoms with Crippen molar-refractivity contribution < 1.29 is 18.7 Å². The van der Waals surface area contributed by atoms with Crippen LogP contribution in [-0.4, -0.2) is 23.8 Å². The highest BCUT2D eigenvalue weighted by Crippen LogP contribution is 2.27. The molecule has 1 aliphatic rings. The highest BCUT2D eigenvalue weighted by Gasteiger charge is 2.46. The van der Waals surface area contributed by atoms with Crippen LogP contribution in [0.3, 0.4) is 0 Å². The van der Waals surface area contributed by atoms with Crippen molar-refractivity contribution in [1.29, 1.82) is 0 Å². The van der Waals surface area contributed by atoms with Gasteiger partial charge >= 0.3 is 0 Å². The van der Waals surface area contributed by atoms with E-state index in [9.17, 15) is 9.59 Å². The summed E-state index contributed by atoms with van der Waals surface area (Å²) in [5.74, 6) is -0.972. The Morgan fingerprint density at radius 3 is 2.73 bits per heavy atom. The number of carbonyl (C=O) groups excluding carboxylic acids is 2. The van der Waals surface area contributed by atoms with E-state index in [1.807, 2.05) is 0 Å². The number of hydrogen-bond acceptors (Lipinski definition) is 4. The minimum Gasteiger partial charge on any atom is -0.461 e. The Bertz CT molecular complexity index is 389. The monoisotopic (exact) mass is 208 g/mol. The minimum atomic E-state index is -0.854. The van der Waals surface area contributed by atoms with E-state index in [2.05, 4.69) is 0 Å². The fourth-order valence-electron chi connectivity index (χ4n) is 1.64. The van der Waals surface area contributed by atoms with Crippen molar-refractivity contribution in [3.63, 3.8) is 0 Å². The van der Waals surface area contributed by atoms with Gasteiger partial charge in [0.2, 0.25) is 5.78 Å². The molecule has 0 bridgehead atoms. The summed E-state index contributed by atoms with van der Waals surface area (Å²) in [5, 5.41) is 0. The predicted octanol–water partition coefficient (Wildman–Crippen LogP) is 1.46. The molecule has 0 radical (unpaired) electrons. The predicted molar refractivity (Wildman–Crippen MR) is 51.6 cm³/mol. The second kappa shape index (κ2) is 3.31. The Morgan fingerprint density at radius 2 is 2.27 bits per heavy atom. The molecule has 1 unspecified atom stereocenters. The first-order valence-electron chi connectivity index (χ1n) is 4.78. The van der Waals surface area contributed by atoms with E-state index in [4.69, 9.17) is 9.15 Å². The SMILES string of the molecule is CC1(C)OCC(C(=O)c2ccco2)C1=O. The lowest BCUT2D eigenvalue weighted by Gasteiger charge is -2.13. The van der Waals surface area contributed by atoms with Gasteiger partial charge in [-0.25, -0.2) is 0 Å². The van der Waals surface area contributed by atoms with Gasteiger partial charge in [-0.3, -0.25) is 9.59 Å². The maximum Gasteiger partial charge on any atom is 0.210 e. The molecule has 1 aliphatic heterocycles. The average molecular weight is 208 g/mol. The first-order chi connectivity index (χ1) is 7.02. The van der Waals surface area contributed by atoms with Gasteiger partial charge in [-0.15, -0.1) is 0 Å². The number of ether oxygens (including phenoxy) is 1. The first kappa shape index (κ1) is 10.1. The summed E-state index contributed by atoms with van der Waals surface area (Å²) in [6.45, 7) is 3.49. The summed E-state index contributed by atoms with van der Waals surface area (Å²) in [5.41, 5.74) is -0.854. The molecule has 80 valence electrons. The van der Waals surface area contributed by atoms with Crippen LogP contribution in [0.2, 0.25) is 0 Å². The smallest absolute Gasteiger partial charge is 0.210 e. The Labute approximate surface area is 87.2 Å². The summed E-state index contributed by atoms with van der Waals surface area (Å²) in [7, 11) is 0. The molecule has 4 nitrogen and oxygen atoms in total. The Balaban J connectivity index is 2.21. The molecule has 1 aromatic rings. The lowest BCUT2D eigenvalue weighted by Crippen LogP contribution is -2.32. The van der Waals surface area contributed by atoms with Crippen LogP contribution in [0.15, 0.2) is 22.8 Å². The molecule has 0 aliphatic carbocycles. The van der Waals surface area contributed by atoms with Gasteiger partial charge in [0.25, 0.3) is 0 Å². The number of carbonyl (C=O) groups is 2. The highest BCUT2D eigenvalue weighted by atomic mass is 16.5. The van der Waals surface area contributed by atoms with Crippen molar-refractivity contribution in [2.45, 2.75) is 19.4 Å². The van der Waals surface area contributed by atoms with Gasteiger partial charge in [0.05, 0.1) is 12.9 Å². The minimum absolute atomic E-state index is 0.144. The van der Waals surface area contributed by atoms with Crippen LogP contribution in [0.25, 0.3) is 0 Å². The zero-order chi connectivity index (χ0) is 11.1. The standard InChI is InChI=1S/C11H12O4/c1-11(2)10(13)7(6-15-11)9(12)8-4-3-5-14-8/h3-5,7H,6H2,1-2H3. The zero-order valence-electron chi connectivity index (χ0n) is 8.65. The van der Waals surface area contributed by atoms with E-state index in [1.54, 1.807) is 26.0 Å². The van der Waals surface area contributed by atoms with E-state index in [0.29, 0.717) is 0 Å². The van der Waals surface area contributed by atoms with Crippen LogP contribution in [0.4, 0.5) is 0 Å². The second-order valence-electron chi connectivity index (χ2n) is 4.08. The third-order valence-corrected chi connectivity index (χ3v) is 2.60. The lowest BCUT2D eigenvalue weighted by atomic mass is 9.92. The Morgan fingerprint density at radius 1 is 1.53 bits per heavy atom. The van der Waals surface area contributed by atoms with E-state index in [-0.39, 0.29) is 23.9 Å². The molecular formula is C11H12O4. The van der Waals surface area contributed by atoms with E-state index < -0.39 is 11.5 Å². The molecule has 15 heavy (non-hydrogen) atoms. The molecule has 0 N–H and O–H groups in total. The second-order valence-corrected chi connectivity index (χ2v) is 4.08. The summed E-state index contributed by atoms with van der Waals surface area (Å²) < 4.78 is 10.2. The number of ketones is 2. The van der Waals surface area contributed by atoms with E-state index >= 15 is 0 Å². The summed E-state index contributed by atoms with van der Waals surface area (Å²) in [4.78, 5) is 23.6.